The van der Waals surface area contributed by atoms with Gasteiger partial charge in [0, 0.05) is 6.20 Å². The van der Waals surface area contributed by atoms with E-state index in [9.17, 15) is 0 Å². The average Bonchev–Trinajstić information content (AvgIpc) is 2.54. The van der Waals surface area contributed by atoms with Crippen molar-refractivity contribution in [3.63, 3.8) is 0 Å². The van der Waals surface area contributed by atoms with Crippen LogP contribution in [-0.2, 0) is 0 Å². The number of ether oxygens (including phenoxy) is 1. The lowest BCUT2D eigenvalue weighted by Gasteiger charge is -1.99. The fourth-order valence-corrected chi connectivity index (χ4v) is 1.44. The number of halogens is 1. The average molecular weight is 228 g/mol. The van der Waals surface area contributed by atoms with Gasteiger partial charge in [-0.1, -0.05) is 0 Å². The van der Waals surface area contributed by atoms with Crippen LogP contribution in [0.4, 0.5) is 0 Å². The molecule has 0 saturated carbocycles. The summed E-state index contributed by atoms with van der Waals surface area (Å²) in [6.07, 6.45) is 3.28. The number of hydrogen-bond donors (Lipinski definition) is 1. The quantitative estimate of drug-likeness (QED) is 0.808. The Labute approximate surface area is 77.1 Å². The number of nitrogens with zero attached hydrogens (tertiary/aromatic N) is 2. The third-order valence-electron chi connectivity index (χ3n) is 1.57. The van der Waals surface area contributed by atoms with Gasteiger partial charge in [-0.05, 0) is 15.9 Å². The van der Waals surface area contributed by atoms with E-state index in [-0.39, 0.29) is 0 Å². The summed E-state index contributed by atoms with van der Waals surface area (Å²) in [5, 5.41) is 0. The van der Waals surface area contributed by atoms with E-state index in [0.717, 1.165) is 15.5 Å². The summed E-state index contributed by atoms with van der Waals surface area (Å²) >= 11 is 3.34. The SMILES string of the molecule is COc1ncc(Br)c2nc[nH]c12. The summed E-state index contributed by atoms with van der Waals surface area (Å²) < 4.78 is 5.90. The number of imidazole rings is 1. The highest BCUT2D eigenvalue weighted by Crippen LogP contribution is 2.25. The molecule has 2 aromatic rings. The molecule has 0 spiro atoms. The topological polar surface area (TPSA) is 50.8 Å². The van der Waals surface area contributed by atoms with Gasteiger partial charge >= 0.3 is 0 Å². The molecule has 0 aromatic carbocycles. The molecule has 0 unspecified atom stereocenters. The minimum Gasteiger partial charge on any atom is -0.479 e. The van der Waals surface area contributed by atoms with Gasteiger partial charge in [0.15, 0.2) is 0 Å². The van der Waals surface area contributed by atoms with Gasteiger partial charge < -0.3 is 9.72 Å². The van der Waals surface area contributed by atoms with Gasteiger partial charge in [0.25, 0.3) is 0 Å². The lowest BCUT2D eigenvalue weighted by molar-refractivity contribution is 0.402. The van der Waals surface area contributed by atoms with Gasteiger partial charge in [-0.15, -0.1) is 0 Å². The van der Waals surface area contributed by atoms with Crippen molar-refractivity contribution in [1.29, 1.82) is 0 Å². The maximum atomic E-state index is 5.04. The molecule has 0 atom stereocenters. The molecule has 4 nitrogen and oxygen atoms in total. The first-order valence-corrected chi connectivity index (χ1v) is 4.14. The molecule has 2 aromatic heterocycles. The van der Waals surface area contributed by atoms with Gasteiger partial charge in [0.05, 0.1) is 17.9 Å². The first-order chi connectivity index (χ1) is 5.83. The molecule has 0 aliphatic carbocycles. The zero-order chi connectivity index (χ0) is 8.55. The van der Waals surface area contributed by atoms with Crippen LogP contribution in [0.3, 0.4) is 0 Å². The molecule has 0 saturated heterocycles. The molecular weight excluding hydrogens is 222 g/mol. The number of pyridine rings is 1. The summed E-state index contributed by atoms with van der Waals surface area (Å²) in [6.45, 7) is 0. The van der Waals surface area contributed by atoms with Crippen LogP contribution < -0.4 is 4.74 Å². The zero-order valence-electron chi connectivity index (χ0n) is 6.34. The lowest BCUT2D eigenvalue weighted by Crippen LogP contribution is -1.88. The standard InChI is InChI=1S/C7H6BrN3O/c1-12-7-6-5(10-3-11-6)4(8)2-9-7/h2-3H,1H3,(H,10,11). The predicted molar refractivity (Wildman–Crippen MR) is 48.1 cm³/mol. The first-order valence-electron chi connectivity index (χ1n) is 3.34. The number of aromatic nitrogens is 3. The first kappa shape index (κ1) is 7.54. The van der Waals surface area contributed by atoms with Crippen LogP contribution in [0.2, 0.25) is 0 Å². The van der Waals surface area contributed by atoms with Crippen molar-refractivity contribution in [2.75, 3.05) is 7.11 Å². The summed E-state index contributed by atoms with van der Waals surface area (Å²) in [7, 11) is 1.58. The van der Waals surface area contributed by atoms with Crippen LogP contribution in [0.1, 0.15) is 0 Å². The fraction of sp³-hybridized carbons (Fsp3) is 0.143. The Morgan fingerprint density at radius 3 is 3.08 bits per heavy atom. The van der Waals surface area contributed by atoms with Gasteiger partial charge in [-0.2, -0.15) is 0 Å². The molecule has 0 fully saturated rings. The zero-order valence-corrected chi connectivity index (χ0v) is 7.92. The van der Waals surface area contributed by atoms with Crippen molar-refractivity contribution >= 4 is 27.0 Å². The highest BCUT2D eigenvalue weighted by atomic mass is 79.9. The van der Waals surface area contributed by atoms with Crippen molar-refractivity contribution in [3.8, 4) is 5.88 Å². The second-order valence-corrected chi connectivity index (χ2v) is 3.10. The van der Waals surface area contributed by atoms with Crippen molar-refractivity contribution in [3.05, 3.63) is 17.0 Å². The number of methoxy groups -OCH3 is 1. The minimum absolute atomic E-state index is 0.561. The van der Waals surface area contributed by atoms with Crippen LogP contribution in [0, 0.1) is 0 Å². The van der Waals surface area contributed by atoms with E-state index < -0.39 is 0 Å². The number of fused-ring (bicyclic) bond motifs is 1. The monoisotopic (exact) mass is 227 g/mol. The number of aromatic amines is 1. The number of hydrogen-bond acceptors (Lipinski definition) is 3. The third kappa shape index (κ3) is 0.972. The van der Waals surface area contributed by atoms with Crippen molar-refractivity contribution in [1.82, 2.24) is 15.0 Å². The third-order valence-corrected chi connectivity index (χ3v) is 2.15. The Morgan fingerprint density at radius 2 is 2.33 bits per heavy atom. The van der Waals surface area contributed by atoms with Crippen LogP contribution in [0.25, 0.3) is 11.0 Å². The molecule has 0 radical (unpaired) electrons. The molecule has 0 amide bonds. The molecule has 0 aliphatic heterocycles. The summed E-state index contributed by atoms with van der Waals surface area (Å²) in [4.78, 5) is 11.1. The minimum atomic E-state index is 0.561. The van der Waals surface area contributed by atoms with Gasteiger partial charge in [-0.25, -0.2) is 9.97 Å². The Hall–Kier alpha value is -1.10. The molecular formula is C7H6BrN3O. The smallest absolute Gasteiger partial charge is 0.239 e. The van der Waals surface area contributed by atoms with Gasteiger partial charge in [0.1, 0.15) is 11.0 Å². The van der Waals surface area contributed by atoms with Crippen LogP contribution >= 0.6 is 15.9 Å². The second kappa shape index (κ2) is 2.75. The maximum absolute atomic E-state index is 5.04. The van der Waals surface area contributed by atoms with E-state index in [1.54, 1.807) is 19.6 Å². The second-order valence-electron chi connectivity index (χ2n) is 2.24. The summed E-state index contributed by atoms with van der Waals surface area (Å²) in [5.41, 5.74) is 1.65. The predicted octanol–water partition coefficient (Wildman–Crippen LogP) is 1.73. The molecule has 62 valence electrons. The van der Waals surface area contributed by atoms with E-state index in [0.29, 0.717) is 5.88 Å². The molecule has 12 heavy (non-hydrogen) atoms. The van der Waals surface area contributed by atoms with Gasteiger partial charge in [-0.3, -0.25) is 0 Å². The molecule has 2 heterocycles. The molecule has 0 aliphatic rings. The Bertz CT molecular complexity index is 412. The Morgan fingerprint density at radius 1 is 1.50 bits per heavy atom. The summed E-state index contributed by atoms with van der Waals surface area (Å²) in [5.74, 6) is 0.561. The van der Waals surface area contributed by atoms with E-state index in [4.69, 9.17) is 4.74 Å². The van der Waals surface area contributed by atoms with Gasteiger partial charge in [0.2, 0.25) is 5.88 Å². The highest BCUT2D eigenvalue weighted by molar-refractivity contribution is 9.10. The largest absolute Gasteiger partial charge is 0.479 e. The van der Waals surface area contributed by atoms with E-state index >= 15 is 0 Å². The van der Waals surface area contributed by atoms with Crippen molar-refractivity contribution in [2.45, 2.75) is 0 Å². The fourth-order valence-electron chi connectivity index (χ4n) is 1.03. The Kier molecular flexibility index (Phi) is 1.73. The van der Waals surface area contributed by atoms with E-state index in [1.165, 1.54) is 0 Å². The number of rotatable bonds is 1. The number of nitrogens with one attached hydrogen (secondary N) is 1. The Balaban J connectivity index is 2.82. The lowest BCUT2D eigenvalue weighted by atomic mass is 10.4. The van der Waals surface area contributed by atoms with Crippen LogP contribution in [0.15, 0.2) is 17.0 Å². The van der Waals surface area contributed by atoms with E-state index in [2.05, 4.69) is 30.9 Å². The molecule has 1 N–H and O–H groups in total. The number of H-pyrrole nitrogens is 1. The summed E-state index contributed by atoms with van der Waals surface area (Å²) in [6, 6.07) is 0. The van der Waals surface area contributed by atoms with Crippen LogP contribution in [-0.4, -0.2) is 22.1 Å². The van der Waals surface area contributed by atoms with Crippen LogP contribution in [0.5, 0.6) is 5.88 Å². The van der Waals surface area contributed by atoms with Crippen molar-refractivity contribution in [2.24, 2.45) is 0 Å². The highest BCUT2D eigenvalue weighted by Gasteiger charge is 2.07. The molecule has 0 bridgehead atoms. The molecule has 5 heteroatoms. The van der Waals surface area contributed by atoms with Crippen molar-refractivity contribution < 1.29 is 4.74 Å². The maximum Gasteiger partial charge on any atom is 0.239 e. The van der Waals surface area contributed by atoms with E-state index in [1.807, 2.05) is 0 Å². The molecule has 2 rings (SSSR count). The normalized spacial score (nSPS) is 10.5.